The van der Waals surface area contributed by atoms with Crippen molar-refractivity contribution in [2.75, 3.05) is 26.6 Å². The molecule has 0 heterocycles. The lowest BCUT2D eigenvalue weighted by atomic mass is 9.90. The smallest absolute Gasteiger partial charge is 0.100 e. The molecule has 1 N–H and O–H groups in total. The van der Waals surface area contributed by atoms with Crippen LogP contribution in [0.25, 0.3) is 0 Å². The van der Waals surface area contributed by atoms with Crippen LogP contribution >= 0.6 is 0 Å². The lowest BCUT2D eigenvalue weighted by Crippen LogP contribution is -2.29. The van der Waals surface area contributed by atoms with Crippen LogP contribution < -0.4 is 0 Å². The molecule has 0 amide bonds. The standard InChI is InChI=1S/C6H11F3O/c7-3-6(4-8,5-9)1-2-10/h10H,1-5H2. The highest BCUT2D eigenvalue weighted by atomic mass is 19.1. The Morgan fingerprint density at radius 2 is 1.40 bits per heavy atom. The Bertz CT molecular complexity index is 74.8. The Hall–Kier alpha value is -0.250. The maximum atomic E-state index is 11.9. The number of alkyl halides is 3. The lowest BCUT2D eigenvalue weighted by molar-refractivity contribution is 0.0784. The maximum absolute atomic E-state index is 11.9. The van der Waals surface area contributed by atoms with Gasteiger partial charge in [-0.1, -0.05) is 0 Å². The van der Waals surface area contributed by atoms with Gasteiger partial charge in [0.25, 0.3) is 0 Å². The van der Waals surface area contributed by atoms with Crippen LogP contribution in [0.15, 0.2) is 0 Å². The fraction of sp³-hybridized carbons (Fsp3) is 1.00. The molecule has 0 rings (SSSR count). The molecule has 0 aliphatic carbocycles. The van der Waals surface area contributed by atoms with Gasteiger partial charge in [0, 0.05) is 6.61 Å². The van der Waals surface area contributed by atoms with Gasteiger partial charge < -0.3 is 5.11 Å². The van der Waals surface area contributed by atoms with Gasteiger partial charge in [-0.05, 0) is 6.42 Å². The minimum Gasteiger partial charge on any atom is -0.396 e. The largest absolute Gasteiger partial charge is 0.396 e. The third-order valence-corrected chi connectivity index (χ3v) is 1.49. The van der Waals surface area contributed by atoms with Crippen molar-refractivity contribution >= 4 is 0 Å². The summed E-state index contributed by atoms with van der Waals surface area (Å²) in [6.07, 6.45) is -0.156. The second-order valence-electron chi connectivity index (χ2n) is 2.37. The highest BCUT2D eigenvalue weighted by Gasteiger charge is 2.29. The Morgan fingerprint density at radius 1 is 1.00 bits per heavy atom. The zero-order valence-electron chi connectivity index (χ0n) is 5.62. The normalized spacial score (nSPS) is 12.0. The molecule has 0 saturated heterocycles. The summed E-state index contributed by atoms with van der Waals surface area (Å²) in [5.41, 5.74) is -1.57. The molecule has 0 spiro atoms. The summed E-state index contributed by atoms with van der Waals surface area (Å²) in [7, 11) is 0. The van der Waals surface area contributed by atoms with Crippen molar-refractivity contribution in [1.29, 1.82) is 0 Å². The first kappa shape index (κ1) is 9.75. The van der Waals surface area contributed by atoms with Crippen LogP contribution in [0.2, 0.25) is 0 Å². The van der Waals surface area contributed by atoms with Crippen LogP contribution in [0.5, 0.6) is 0 Å². The van der Waals surface area contributed by atoms with E-state index in [2.05, 4.69) is 0 Å². The predicted molar refractivity (Wildman–Crippen MR) is 32.1 cm³/mol. The van der Waals surface area contributed by atoms with E-state index >= 15 is 0 Å². The maximum Gasteiger partial charge on any atom is 0.100 e. The third-order valence-electron chi connectivity index (χ3n) is 1.49. The first-order valence-corrected chi connectivity index (χ1v) is 3.03. The number of halogens is 3. The first-order chi connectivity index (χ1) is 4.74. The van der Waals surface area contributed by atoms with Gasteiger partial charge in [0.1, 0.15) is 20.0 Å². The molecule has 0 bridgehead atoms. The zero-order valence-corrected chi connectivity index (χ0v) is 5.62. The number of hydrogen-bond acceptors (Lipinski definition) is 1. The van der Waals surface area contributed by atoms with Gasteiger partial charge in [-0.2, -0.15) is 0 Å². The highest BCUT2D eigenvalue weighted by molar-refractivity contribution is 4.76. The molecule has 0 aromatic carbocycles. The first-order valence-electron chi connectivity index (χ1n) is 3.03. The van der Waals surface area contributed by atoms with E-state index in [-0.39, 0.29) is 13.0 Å². The van der Waals surface area contributed by atoms with E-state index in [4.69, 9.17) is 5.11 Å². The zero-order chi connectivity index (χ0) is 8.04. The molecule has 0 saturated carbocycles. The molecule has 10 heavy (non-hydrogen) atoms. The molecule has 4 heteroatoms. The Balaban J connectivity index is 3.87. The number of rotatable bonds is 5. The number of aliphatic hydroxyl groups is 1. The monoisotopic (exact) mass is 156 g/mol. The summed E-state index contributed by atoms with van der Waals surface area (Å²) in [4.78, 5) is 0. The van der Waals surface area contributed by atoms with E-state index in [0.29, 0.717) is 0 Å². The van der Waals surface area contributed by atoms with E-state index < -0.39 is 25.4 Å². The van der Waals surface area contributed by atoms with E-state index in [9.17, 15) is 13.2 Å². The quantitative estimate of drug-likeness (QED) is 0.635. The summed E-state index contributed by atoms with van der Waals surface area (Å²) in [6.45, 7) is -3.54. The topological polar surface area (TPSA) is 20.2 Å². The second kappa shape index (κ2) is 4.55. The van der Waals surface area contributed by atoms with Crippen molar-refractivity contribution < 1.29 is 18.3 Å². The summed E-state index contributed by atoms with van der Waals surface area (Å²) in [5.74, 6) is 0. The van der Waals surface area contributed by atoms with Crippen molar-refractivity contribution in [2.45, 2.75) is 6.42 Å². The fourth-order valence-corrected chi connectivity index (χ4v) is 0.545. The van der Waals surface area contributed by atoms with Crippen molar-refractivity contribution in [2.24, 2.45) is 5.41 Å². The number of hydrogen-bond donors (Lipinski definition) is 1. The molecule has 0 aromatic heterocycles. The van der Waals surface area contributed by atoms with Gasteiger partial charge in [0.05, 0.1) is 5.41 Å². The Morgan fingerprint density at radius 3 is 1.50 bits per heavy atom. The molecule has 1 nitrogen and oxygen atoms in total. The van der Waals surface area contributed by atoms with Crippen LogP contribution in [0.3, 0.4) is 0 Å². The molecule has 0 atom stereocenters. The van der Waals surface area contributed by atoms with E-state index in [1.165, 1.54) is 0 Å². The number of aliphatic hydroxyl groups excluding tert-OH is 1. The average molecular weight is 156 g/mol. The van der Waals surface area contributed by atoms with Crippen LogP contribution in [-0.2, 0) is 0 Å². The Labute approximate surface area is 57.9 Å². The molecule has 0 radical (unpaired) electrons. The van der Waals surface area contributed by atoms with Crippen molar-refractivity contribution in [1.82, 2.24) is 0 Å². The molecule has 0 unspecified atom stereocenters. The van der Waals surface area contributed by atoms with Gasteiger partial charge in [0.2, 0.25) is 0 Å². The van der Waals surface area contributed by atoms with Gasteiger partial charge in [-0.25, -0.2) is 0 Å². The van der Waals surface area contributed by atoms with Crippen molar-refractivity contribution in [3.63, 3.8) is 0 Å². The SMILES string of the molecule is OCCC(CF)(CF)CF. The van der Waals surface area contributed by atoms with Crippen LogP contribution in [0, 0.1) is 5.41 Å². The van der Waals surface area contributed by atoms with E-state index in [1.807, 2.05) is 0 Å². The molecule has 0 aliphatic rings. The second-order valence-corrected chi connectivity index (χ2v) is 2.37. The average Bonchev–Trinajstić information content (AvgIpc) is 2.01. The summed E-state index contributed by atoms with van der Waals surface area (Å²) in [6, 6.07) is 0. The summed E-state index contributed by atoms with van der Waals surface area (Å²) < 4.78 is 35.7. The van der Waals surface area contributed by atoms with Gasteiger partial charge in [0.15, 0.2) is 0 Å². The minimum atomic E-state index is -1.57. The molecule has 0 aromatic rings. The highest BCUT2D eigenvalue weighted by Crippen LogP contribution is 2.23. The van der Waals surface area contributed by atoms with Crippen molar-refractivity contribution in [3.05, 3.63) is 0 Å². The van der Waals surface area contributed by atoms with Gasteiger partial charge >= 0.3 is 0 Å². The Kier molecular flexibility index (Phi) is 4.43. The molecule has 62 valence electrons. The molecular formula is C6H11F3O. The third kappa shape index (κ3) is 2.17. The van der Waals surface area contributed by atoms with Crippen molar-refractivity contribution in [3.8, 4) is 0 Å². The van der Waals surface area contributed by atoms with Crippen LogP contribution in [0.1, 0.15) is 6.42 Å². The van der Waals surface area contributed by atoms with Gasteiger partial charge in [-0.3, -0.25) is 13.2 Å². The minimum absolute atomic E-state index is 0.156. The van der Waals surface area contributed by atoms with Crippen LogP contribution in [0.4, 0.5) is 13.2 Å². The molecular weight excluding hydrogens is 145 g/mol. The summed E-state index contributed by atoms with van der Waals surface area (Å²) in [5, 5.41) is 8.30. The molecule has 0 fully saturated rings. The lowest BCUT2D eigenvalue weighted by Gasteiger charge is -2.22. The van der Waals surface area contributed by atoms with Crippen LogP contribution in [-0.4, -0.2) is 31.7 Å². The predicted octanol–water partition coefficient (Wildman–Crippen LogP) is 1.26. The van der Waals surface area contributed by atoms with E-state index in [1.54, 1.807) is 0 Å². The fourth-order valence-electron chi connectivity index (χ4n) is 0.545. The molecule has 0 aliphatic heterocycles. The van der Waals surface area contributed by atoms with Gasteiger partial charge in [-0.15, -0.1) is 0 Å². The van der Waals surface area contributed by atoms with E-state index in [0.717, 1.165) is 0 Å². The summed E-state index contributed by atoms with van der Waals surface area (Å²) >= 11 is 0.